The predicted octanol–water partition coefficient (Wildman–Crippen LogP) is 3.75. The van der Waals surface area contributed by atoms with Crippen LogP contribution in [0.25, 0.3) is 0 Å². The second kappa shape index (κ2) is 12.0. The number of carbonyl (C=O) groups is 2. The highest BCUT2D eigenvalue weighted by Gasteiger charge is 2.35. The van der Waals surface area contributed by atoms with Gasteiger partial charge in [-0.25, -0.2) is 13.8 Å². The lowest BCUT2D eigenvalue weighted by Gasteiger charge is -2.37. The fourth-order valence-corrected chi connectivity index (χ4v) is 4.29. The molecule has 7 nitrogen and oxygen atoms in total. The van der Waals surface area contributed by atoms with Gasteiger partial charge in [0.1, 0.15) is 23.3 Å². The Kier molecular flexibility index (Phi) is 8.57. The van der Waals surface area contributed by atoms with E-state index in [1.807, 2.05) is 6.92 Å². The Labute approximate surface area is 226 Å². The van der Waals surface area contributed by atoms with Gasteiger partial charge in [0.2, 0.25) is 5.88 Å². The number of hydrogen-bond donors (Lipinski definition) is 1. The third-order valence-electron chi connectivity index (χ3n) is 6.60. The second-order valence-electron chi connectivity index (χ2n) is 9.63. The number of likely N-dealkylation sites (N-methyl/N-ethyl adjacent to an activating group) is 1. The van der Waals surface area contributed by atoms with Gasteiger partial charge in [-0.15, -0.1) is 0 Å². The molecule has 0 saturated heterocycles. The van der Waals surface area contributed by atoms with E-state index in [2.05, 4.69) is 16.8 Å². The molecule has 1 aliphatic rings. The predicted molar refractivity (Wildman–Crippen MR) is 141 cm³/mol. The molecule has 0 unspecified atom stereocenters. The summed E-state index contributed by atoms with van der Waals surface area (Å²) in [6.07, 6.45) is 0.859. The number of ether oxygens (including phenoxy) is 1. The van der Waals surface area contributed by atoms with E-state index in [1.54, 1.807) is 43.1 Å². The minimum atomic E-state index is -0.617. The molecular weight excluding hydrogens is 504 g/mol. The molecule has 1 aliphatic heterocycles. The van der Waals surface area contributed by atoms with Crippen molar-refractivity contribution in [3.63, 3.8) is 0 Å². The van der Waals surface area contributed by atoms with Crippen molar-refractivity contribution in [2.45, 2.75) is 26.0 Å². The maximum absolute atomic E-state index is 14.2. The van der Waals surface area contributed by atoms with Crippen LogP contribution in [0.5, 0.6) is 5.88 Å². The summed E-state index contributed by atoms with van der Waals surface area (Å²) in [5.41, 5.74) is 0.991. The summed E-state index contributed by atoms with van der Waals surface area (Å²) >= 11 is 0. The first-order valence-corrected chi connectivity index (χ1v) is 12.5. The van der Waals surface area contributed by atoms with Crippen LogP contribution < -0.4 is 4.74 Å². The van der Waals surface area contributed by atoms with Gasteiger partial charge < -0.3 is 19.6 Å². The third-order valence-corrected chi connectivity index (χ3v) is 6.60. The number of aromatic nitrogens is 1. The van der Waals surface area contributed by atoms with E-state index in [-0.39, 0.29) is 48.5 Å². The van der Waals surface area contributed by atoms with Gasteiger partial charge in [0.05, 0.1) is 24.8 Å². The minimum Gasteiger partial charge on any atom is -0.472 e. The first kappa shape index (κ1) is 27.7. The van der Waals surface area contributed by atoms with Crippen LogP contribution in [-0.4, -0.2) is 70.6 Å². The van der Waals surface area contributed by atoms with Gasteiger partial charge in [-0.05, 0) is 43.3 Å². The molecule has 1 N–H and O–H groups in total. The molecule has 3 aromatic rings. The van der Waals surface area contributed by atoms with E-state index in [0.29, 0.717) is 11.1 Å². The fourth-order valence-electron chi connectivity index (χ4n) is 4.29. The summed E-state index contributed by atoms with van der Waals surface area (Å²) in [7, 11) is 1.56. The number of halogens is 2. The second-order valence-corrected chi connectivity index (χ2v) is 9.63. The van der Waals surface area contributed by atoms with Crippen molar-refractivity contribution < 1.29 is 28.2 Å². The summed E-state index contributed by atoms with van der Waals surface area (Å²) < 4.78 is 34.0. The van der Waals surface area contributed by atoms with Crippen LogP contribution in [0.2, 0.25) is 0 Å². The van der Waals surface area contributed by atoms with Crippen LogP contribution in [0.4, 0.5) is 8.78 Å². The summed E-state index contributed by atoms with van der Waals surface area (Å²) in [5.74, 6) is 3.66. The molecule has 202 valence electrons. The number of pyridine rings is 1. The van der Waals surface area contributed by atoms with Gasteiger partial charge >= 0.3 is 0 Å². The number of fused-ring (bicyclic) bond motifs is 1. The van der Waals surface area contributed by atoms with Crippen molar-refractivity contribution in [2.75, 3.05) is 26.7 Å². The van der Waals surface area contributed by atoms with Gasteiger partial charge in [0.15, 0.2) is 0 Å². The van der Waals surface area contributed by atoms with Gasteiger partial charge in [-0.3, -0.25) is 9.59 Å². The van der Waals surface area contributed by atoms with Gasteiger partial charge in [0, 0.05) is 36.8 Å². The van der Waals surface area contributed by atoms with Crippen LogP contribution in [0, 0.1) is 29.4 Å². The van der Waals surface area contributed by atoms with Crippen molar-refractivity contribution in [3.05, 3.63) is 94.7 Å². The van der Waals surface area contributed by atoms with E-state index in [4.69, 9.17) is 4.74 Å². The van der Waals surface area contributed by atoms with Crippen molar-refractivity contribution in [1.82, 2.24) is 14.8 Å². The van der Waals surface area contributed by atoms with Gasteiger partial charge in [-0.2, -0.15) is 0 Å². The number of aliphatic hydroxyl groups is 1. The zero-order valence-electron chi connectivity index (χ0n) is 21.9. The van der Waals surface area contributed by atoms with Gasteiger partial charge in [0.25, 0.3) is 11.8 Å². The van der Waals surface area contributed by atoms with Crippen LogP contribution >= 0.6 is 0 Å². The summed E-state index contributed by atoms with van der Waals surface area (Å²) in [6.45, 7) is 3.70. The molecule has 2 heterocycles. The number of nitrogens with zero attached hydrogens (tertiary/aromatic N) is 3. The summed E-state index contributed by atoms with van der Waals surface area (Å²) in [6, 6.07) is 12.7. The molecule has 0 spiro atoms. The normalized spacial score (nSPS) is 17.6. The molecule has 2 amide bonds. The molecule has 0 saturated carbocycles. The number of amides is 2. The Morgan fingerprint density at radius 1 is 1.18 bits per heavy atom. The molecular formula is C30H29F2N3O4. The Hall–Kier alpha value is -4.29. The molecule has 39 heavy (non-hydrogen) atoms. The summed E-state index contributed by atoms with van der Waals surface area (Å²) in [4.78, 5) is 33.8. The van der Waals surface area contributed by atoms with Crippen LogP contribution in [0.3, 0.4) is 0 Å². The quantitative estimate of drug-likeness (QED) is 0.506. The molecule has 0 aliphatic carbocycles. The van der Waals surface area contributed by atoms with Crippen LogP contribution in [0.1, 0.15) is 45.7 Å². The number of rotatable bonds is 5. The Bertz CT molecular complexity index is 1430. The standard InChI is InChI=1S/C30H29F2N3O4/c1-19-16-35(20(2)18-36)30(38)25-14-22(12-11-21-7-6-8-23(31)13-21)15-33-28(25)39-27(19)17-34(3)29(37)24-9-4-5-10-26(24)32/h4-10,13-15,19-20,27,36H,16-18H2,1-3H3/t19-,20-,27+/m0/s1. The highest BCUT2D eigenvalue weighted by atomic mass is 19.1. The topological polar surface area (TPSA) is 83.0 Å². The van der Waals surface area contributed by atoms with E-state index in [0.717, 1.165) is 0 Å². The maximum Gasteiger partial charge on any atom is 0.259 e. The monoisotopic (exact) mass is 533 g/mol. The molecule has 1 aromatic heterocycles. The highest BCUT2D eigenvalue weighted by molar-refractivity contribution is 5.97. The average Bonchev–Trinajstić information content (AvgIpc) is 2.93. The third kappa shape index (κ3) is 6.41. The lowest BCUT2D eigenvalue weighted by atomic mass is 9.99. The van der Waals surface area contributed by atoms with Crippen molar-refractivity contribution >= 4 is 11.8 Å². The zero-order chi connectivity index (χ0) is 28.1. The molecule has 0 radical (unpaired) electrons. The van der Waals surface area contributed by atoms with Crippen LogP contribution in [0.15, 0.2) is 60.8 Å². The average molecular weight is 534 g/mol. The first-order valence-electron chi connectivity index (χ1n) is 12.5. The SMILES string of the molecule is C[C@H]1CN([C@@H](C)CO)C(=O)c2cc(C#Cc3cccc(F)c3)cnc2O[C@@H]1CN(C)C(=O)c1ccccc1F. The van der Waals surface area contributed by atoms with Crippen LogP contribution in [-0.2, 0) is 0 Å². The first-order chi connectivity index (χ1) is 18.7. The minimum absolute atomic E-state index is 0.0516. The lowest BCUT2D eigenvalue weighted by molar-refractivity contribution is 0.0312. The van der Waals surface area contributed by atoms with Crippen molar-refractivity contribution in [2.24, 2.45) is 5.92 Å². The number of hydrogen-bond acceptors (Lipinski definition) is 5. The van der Waals surface area contributed by atoms with Crippen molar-refractivity contribution in [3.8, 4) is 17.7 Å². The molecule has 0 bridgehead atoms. The fraction of sp³-hybridized carbons (Fsp3) is 0.300. The number of benzene rings is 2. The highest BCUT2D eigenvalue weighted by Crippen LogP contribution is 2.27. The van der Waals surface area contributed by atoms with E-state index in [1.165, 1.54) is 41.4 Å². The lowest BCUT2D eigenvalue weighted by Crippen LogP contribution is -2.50. The van der Waals surface area contributed by atoms with Gasteiger partial charge in [-0.1, -0.05) is 37.0 Å². The summed E-state index contributed by atoms with van der Waals surface area (Å²) in [5, 5.41) is 9.84. The molecule has 2 aromatic carbocycles. The zero-order valence-corrected chi connectivity index (χ0v) is 21.9. The smallest absolute Gasteiger partial charge is 0.259 e. The van der Waals surface area contributed by atoms with E-state index in [9.17, 15) is 23.5 Å². The number of aliphatic hydroxyl groups excluding tert-OH is 1. The molecule has 0 fully saturated rings. The van der Waals surface area contributed by atoms with Crippen molar-refractivity contribution in [1.29, 1.82) is 0 Å². The Morgan fingerprint density at radius 3 is 2.64 bits per heavy atom. The molecule has 9 heteroatoms. The molecule has 3 atom stereocenters. The largest absolute Gasteiger partial charge is 0.472 e. The maximum atomic E-state index is 14.2. The molecule has 4 rings (SSSR count). The Balaban J connectivity index is 1.66. The Morgan fingerprint density at radius 2 is 1.92 bits per heavy atom. The number of carbonyl (C=O) groups excluding carboxylic acids is 2. The van der Waals surface area contributed by atoms with E-state index >= 15 is 0 Å². The van der Waals surface area contributed by atoms with E-state index < -0.39 is 29.7 Å².